The average molecular weight is 346 g/mol. The van der Waals surface area contributed by atoms with Gasteiger partial charge in [0.2, 0.25) is 0 Å². The van der Waals surface area contributed by atoms with Gasteiger partial charge in [-0.1, -0.05) is 18.2 Å². The highest BCUT2D eigenvalue weighted by atomic mass is 16.5. The summed E-state index contributed by atoms with van der Waals surface area (Å²) in [6.45, 7) is 0.738. The third kappa shape index (κ3) is 5.13. The Balaban J connectivity index is 2.05. The Morgan fingerprint density at radius 1 is 1.20 bits per heavy atom. The lowest BCUT2D eigenvalue weighted by molar-refractivity contribution is 0.295. The second-order valence-electron chi connectivity index (χ2n) is 6.33. The van der Waals surface area contributed by atoms with Crippen molar-refractivity contribution < 1.29 is 9.47 Å². The highest BCUT2D eigenvalue weighted by Gasteiger charge is 2.18. The van der Waals surface area contributed by atoms with Crippen LogP contribution in [0.4, 0.5) is 0 Å². The third-order valence-corrected chi connectivity index (χ3v) is 4.45. The van der Waals surface area contributed by atoms with E-state index in [1.807, 2.05) is 12.1 Å². The average Bonchev–Trinajstić information content (AvgIpc) is 3.13. The number of rotatable bonds is 7. The maximum absolute atomic E-state index is 5.44. The molecule has 0 fully saturated rings. The van der Waals surface area contributed by atoms with Crippen LogP contribution >= 0.6 is 0 Å². The predicted molar refractivity (Wildman–Crippen MR) is 103 cm³/mol. The minimum absolute atomic E-state index is 0.181. The minimum atomic E-state index is 0.181. The van der Waals surface area contributed by atoms with Crippen LogP contribution in [0.1, 0.15) is 24.4 Å². The molecule has 2 rings (SSSR count). The Morgan fingerprint density at radius 2 is 1.88 bits per heavy atom. The van der Waals surface area contributed by atoms with E-state index in [4.69, 9.17) is 9.47 Å². The molecule has 1 unspecified atom stereocenters. The van der Waals surface area contributed by atoms with Gasteiger partial charge in [0.15, 0.2) is 17.5 Å². The van der Waals surface area contributed by atoms with Crippen molar-refractivity contribution in [1.82, 2.24) is 15.5 Å². The minimum Gasteiger partial charge on any atom is -0.493 e. The quantitative estimate of drug-likeness (QED) is 0.450. The first-order valence-electron chi connectivity index (χ1n) is 8.59. The predicted octanol–water partition coefficient (Wildman–Crippen LogP) is 2.19. The van der Waals surface area contributed by atoms with E-state index in [1.54, 1.807) is 21.3 Å². The second kappa shape index (κ2) is 9.32. The van der Waals surface area contributed by atoms with Crippen LogP contribution < -0.4 is 20.1 Å². The largest absolute Gasteiger partial charge is 0.493 e. The highest BCUT2D eigenvalue weighted by Crippen LogP contribution is 2.31. The standard InChI is InChI=1S/C19H30N4O2/c1-20-19(22-15-8-6-7-9-15)21-13-16(23(2)3)14-10-11-17(24-4)18(12-14)25-5/h6-7,10-12,15-16H,8-9,13H2,1-5H3,(H2,20,21,22). The Kier molecular flexibility index (Phi) is 7.13. The summed E-state index contributed by atoms with van der Waals surface area (Å²) in [6, 6.07) is 6.67. The third-order valence-electron chi connectivity index (χ3n) is 4.45. The molecule has 0 aliphatic heterocycles. The second-order valence-corrected chi connectivity index (χ2v) is 6.33. The van der Waals surface area contributed by atoms with Gasteiger partial charge in [0.05, 0.1) is 20.3 Å². The van der Waals surface area contributed by atoms with Crippen LogP contribution in [0.25, 0.3) is 0 Å². The van der Waals surface area contributed by atoms with E-state index >= 15 is 0 Å². The van der Waals surface area contributed by atoms with E-state index in [-0.39, 0.29) is 6.04 Å². The number of benzene rings is 1. The maximum Gasteiger partial charge on any atom is 0.191 e. The zero-order valence-electron chi connectivity index (χ0n) is 15.9. The number of ether oxygens (including phenoxy) is 2. The molecular weight excluding hydrogens is 316 g/mol. The van der Waals surface area contributed by atoms with Crippen molar-refractivity contribution in [3.63, 3.8) is 0 Å². The van der Waals surface area contributed by atoms with E-state index < -0.39 is 0 Å². The molecule has 0 radical (unpaired) electrons. The molecule has 6 heteroatoms. The molecule has 1 aromatic carbocycles. The van der Waals surface area contributed by atoms with E-state index in [0.717, 1.165) is 42.4 Å². The van der Waals surface area contributed by atoms with Gasteiger partial charge in [0.25, 0.3) is 0 Å². The van der Waals surface area contributed by atoms with Gasteiger partial charge in [-0.05, 0) is 44.6 Å². The van der Waals surface area contributed by atoms with Gasteiger partial charge >= 0.3 is 0 Å². The van der Waals surface area contributed by atoms with Gasteiger partial charge in [-0.25, -0.2) is 0 Å². The van der Waals surface area contributed by atoms with Crippen molar-refractivity contribution in [2.75, 3.05) is 41.9 Å². The van der Waals surface area contributed by atoms with Crippen molar-refractivity contribution >= 4 is 5.96 Å². The molecule has 1 aromatic rings. The lowest BCUT2D eigenvalue weighted by Crippen LogP contribution is -2.45. The smallest absolute Gasteiger partial charge is 0.191 e. The Morgan fingerprint density at radius 3 is 2.44 bits per heavy atom. The van der Waals surface area contributed by atoms with Crippen LogP contribution in [-0.4, -0.2) is 58.8 Å². The van der Waals surface area contributed by atoms with Crippen LogP contribution in [0, 0.1) is 0 Å². The number of hydrogen-bond donors (Lipinski definition) is 2. The molecule has 1 aliphatic carbocycles. The molecule has 138 valence electrons. The molecule has 0 aromatic heterocycles. The number of likely N-dealkylation sites (N-methyl/N-ethyl adjacent to an activating group) is 1. The first-order chi connectivity index (χ1) is 12.1. The summed E-state index contributed by atoms with van der Waals surface area (Å²) < 4.78 is 10.8. The topological polar surface area (TPSA) is 58.1 Å². The monoisotopic (exact) mass is 346 g/mol. The molecular formula is C19H30N4O2. The SMILES string of the molecule is CN=C(NCC(c1ccc(OC)c(OC)c1)N(C)C)NC1CC=CC1. The van der Waals surface area contributed by atoms with E-state index in [1.165, 1.54) is 0 Å². The van der Waals surface area contributed by atoms with Gasteiger partial charge in [-0.2, -0.15) is 0 Å². The number of hydrogen-bond acceptors (Lipinski definition) is 4. The molecule has 0 saturated heterocycles. The summed E-state index contributed by atoms with van der Waals surface area (Å²) in [7, 11) is 9.25. The summed E-state index contributed by atoms with van der Waals surface area (Å²) in [5.41, 5.74) is 1.16. The summed E-state index contributed by atoms with van der Waals surface area (Å²) >= 11 is 0. The maximum atomic E-state index is 5.44. The lowest BCUT2D eigenvalue weighted by atomic mass is 10.1. The van der Waals surface area contributed by atoms with Gasteiger partial charge in [-0.15, -0.1) is 0 Å². The number of aliphatic imine (C=N–C) groups is 1. The number of nitrogens with zero attached hydrogens (tertiary/aromatic N) is 2. The van der Waals surface area contributed by atoms with Crippen LogP contribution in [0.3, 0.4) is 0 Å². The molecule has 0 amide bonds. The van der Waals surface area contributed by atoms with E-state index in [2.05, 4.69) is 52.8 Å². The van der Waals surface area contributed by atoms with Gasteiger partial charge < -0.3 is 25.0 Å². The molecule has 2 N–H and O–H groups in total. The fourth-order valence-electron chi connectivity index (χ4n) is 2.98. The lowest BCUT2D eigenvalue weighted by Gasteiger charge is -2.27. The molecule has 25 heavy (non-hydrogen) atoms. The normalized spacial score (nSPS) is 16.2. The van der Waals surface area contributed by atoms with E-state index in [9.17, 15) is 0 Å². The zero-order chi connectivity index (χ0) is 18.2. The van der Waals surface area contributed by atoms with Crippen molar-refractivity contribution in [2.45, 2.75) is 24.9 Å². The summed E-state index contributed by atoms with van der Waals surface area (Å²) in [6.07, 6.45) is 6.51. The summed E-state index contributed by atoms with van der Waals surface area (Å²) in [5, 5.41) is 6.91. The van der Waals surface area contributed by atoms with Crippen LogP contribution in [-0.2, 0) is 0 Å². The Labute approximate surface area is 150 Å². The molecule has 1 aliphatic rings. The van der Waals surface area contributed by atoms with Crippen molar-refractivity contribution in [3.8, 4) is 11.5 Å². The molecule has 0 saturated carbocycles. The number of guanidine groups is 1. The van der Waals surface area contributed by atoms with Gasteiger partial charge in [0, 0.05) is 19.6 Å². The first kappa shape index (κ1) is 19.1. The highest BCUT2D eigenvalue weighted by molar-refractivity contribution is 5.80. The Hall–Kier alpha value is -2.21. The molecule has 1 atom stereocenters. The van der Waals surface area contributed by atoms with Gasteiger partial charge in [0.1, 0.15) is 0 Å². The summed E-state index contributed by atoms with van der Waals surface area (Å²) in [5.74, 6) is 2.32. The van der Waals surface area contributed by atoms with Gasteiger partial charge in [-0.3, -0.25) is 4.99 Å². The summed E-state index contributed by atoms with van der Waals surface area (Å²) in [4.78, 5) is 6.52. The van der Waals surface area contributed by atoms with Crippen LogP contribution in [0.5, 0.6) is 11.5 Å². The molecule has 0 heterocycles. The zero-order valence-corrected chi connectivity index (χ0v) is 15.9. The molecule has 6 nitrogen and oxygen atoms in total. The van der Waals surface area contributed by atoms with Crippen LogP contribution in [0.15, 0.2) is 35.3 Å². The van der Waals surface area contributed by atoms with Crippen molar-refractivity contribution in [1.29, 1.82) is 0 Å². The number of nitrogens with one attached hydrogen (secondary N) is 2. The molecule has 0 bridgehead atoms. The van der Waals surface area contributed by atoms with E-state index in [0.29, 0.717) is 6.04 Å². The van der Waals surface area contributed by atoms with Crippen LogP contribution in [0.2, 0.25) is 0 Å². The first-order valence-corrected chi connectivity index (χ1v) is 8.59. The van der Waals surface area contributed by atoms with Crippen molar-refractivity contribution in [2.24, 2.45) is 4.99 Å². The Bertz CT molecular complexity index is 605. The van der Waals surface area contributed by atoms with Crippen molar-refractivity contribution in [3.05, 3.63) is 35.9 Å². The number of methoxy groups -OCH3 is 2. The molecule has 0 spiro atoms. The fourth-order valence-corrected chi connectivity index (χ4v) is 2.98. The fraction of sp³-hybridized carbons (Fsp3) is 0.526.